The highest BCUT2D eigenvalue weighted by atomic mass is 35.5. The quantitative estimate of drug-likeness (QED) is 0.942. The number of nitrogens with zero attached hydrogens (tertiary/aromatic N) is 3. The van der Waals surface area contributed by atoms with Crippen LogP contribution in [0.4, 0.5) is 5.82 Å². The monoisotopic (exact) mass is 290 g/mol. The van der Waals surface area contributed by atoms with Crippen molar-refractivity contribution in [3.05, 3.63) is 41.3 Å². The zero-order chi connectivity index (χ0) is 14.7. The van der Waals surface area contributed by atoms with Gasteiger partial charge in [0.25, 0.3) is 5.91 Å². The van der Waals surface area contributed by atoms with Gasteiger partial charge in [0.1, 0.15) is 11.5 Å². The maximum Gasteiger partial charge on any atom is 0.269 e. The second-order valence-corrected chi connectivity index (χ2v) is 4.84. The summed E-state index contributed by atoms with van der Waals surface area (Å²) in [5, 5.41) is 3.10. The summed E-state index contributed by atoms with van der Waals surface area (Å²) < 4.78 is 0. The Hall–Kier alpha value is -2.14. The molecule has 0 spiro atoms. The topological polar surface area (TPSA) is 58.1 Å². The van der Waals surface area contributed by atoms with E-state index in [-0.39, 0.29) is 5.91 Å². The molecule has 0 saturated carbocycles. The van der Waals surface area contributed by atoms with Crippen molar-refractivity contribution in [3.8, 4) is 11.1 Å². The van der Waals surface area contributed by atoms with Gasteiger partial charge in [-0.2, -0.15) is 0 Å². The fourth-order valence-corrected chi connectivity index (χ4v) is 2.08. The number of aromatic nitrogens is 2. The summed E-state index contributed by atoms with van der Waals surface area (Å²) in [6, 6.07) is 5.32. The Morgan fingerprint density at radius 2 is 1.90 bits per heavy atom. The lowest BCUT2D eigenvalue weighted by atomic mass is 10.1. The van der Waals surface area contributed by atoms with Crippen LogP contribution in [0, 0.1) is 0 Å². The summed E-state index contributed by atoms with van der Waals surface area (Å²) in [6.07, 6.45) is 3.37. The van der Waals surface area contributed by atoms with Crippen molar-refractivity contribution < 1.29 is 4.79 Å². The highest BCUT2D eigenvalue weighted by Crippen LogP contribution is 2.27. The lowest BCUT2D eigenvalue weighted by Crippen LogP contribution is -2.18. The predicted molar refractivity (Wildman–Crippen MR) is 80.2 cm³/mol. The van der Waals surface area contributed by atoms with E-state index >= 15 is 0 Å². The van der Waals surface area contributed by atoms with Crippen LogP contribution in [-0.2, 0) is 0 Å². The Morgan fingerprint density at radius 1 is 1.20 bits per heavy atom. The van der Waals surface area contributed by atoms with Gasteiger partial charge in [0.15, 0.2) is 0 Å². The number of rotatable bonds is 3. The first kappa shape index (κ1) is 14.3. The lowest BCUT2D eigenvalue weighted by molar-refractivity contribution is 0.0958. The minimum absolute atomic E-state index is 0.212. The predicted octanol–water partition coefficient (Wildman–Crippen LogP) is 2.22. The molecule has 0 saturated heterocycles. The van der Waals surface area contributed by atoms with Crippen LogP contribution < -0.4 is 10.2 Å². The van der Waals surface area contributed by atoms with Crippen LogP contribution in [0.3, 0.4) is 0 Å². The average Bonchev–Trinajstić information content (AvgIpc) is 2.46. The van der Waals surface area contributed by atoms with E-state index in [9.17, 15) is 4.79 Å². The Kier molecular flexibility index (Phi) is 4.20. The van der Waals surface area contributed by atoms with Gasteiger partial charge in [-0.3, -0.25) is 9.78 Å². The zero-order valence-corrected chi connectivity index (χ0v) is 12.3. The number of halogens is 1. The minimum atomic E-state index is -0.212. The van der Waals surface area contributed by atoms with Crippen LogP contribution in [0.15, 0.2) is 30.6 Å². The SMILES string of the molecule is CNC(=O)c1ccc(-c2cnc(N(C)C)c(Cl)c2)cn1. The molecule has 0 radical (unpaired) electrons. The first-order chi connectivity index (χ1) is 9.52. The molecule has 6 heteroatoms. The number of amides is 1. The second-order valence-electron chi connectivity index (χ2n) is 4.44. The summed E-state index contributed by atoms with van der Waals surface area (Å²) in [6.45, 7) is 0. The molecule has 2 aromatic heterocycles. The van der Waals surface area contributed by atoms with Gasteiger partial charge in [0.2, 0.25) is 0 Å². The highest BCUT2D eigenvalue weighted by molar-refractivity contribution is 6.33. The molecule has 1 N–H and O–H groups in total. The molecule has 0 atom stereocenters. The number of hydrogen-bond donors (Lipinski definition) is 1. The molecule has 2 heterocycles. The Balaban J connectivity index is 2.32. The van der Waals surface area contributed by atoms with Crippen LogP contribution >= 0.6 is 11.6 Å². The number of anilines is 1. The molecule has 0 fully saturated rings. The molecule has 0 aliphatic heterocycles. The summed E-state index contributed by atoms with van der Waals surface area (Å²) in [7, 11) is 5.34. The molecule has 0 unspecified atom stereocenters. The first-order valence-corrected chi connectivity index (χ1v) is 6.42. The molecular formula is C14H15ClN4O. The Labute approximate surface area is 122 Å². The van der Waals surface area contributed by atoms with Gasteiger partial charge < -0.3 is 10.2 Å². The summed E-state index contributed by atoms with van der Waals surface area (Å²) in [5.74, 6) is 0.501. The van der Waals surface area contributed by atoms with Crippen molar-refractivity contribution in [2.45, 2.75) is 0 Å². The highest BCUT2D eigenvalue weighted by Gasteiger charge is 2.09. The van der Waals surface area contributed by atoms with E-state index in [1.54, 1.807) is 25.5 Å². The molecule has 0 aliphatic rings. The first-order valence-electron chi connectivity index (χ1n) is 6.04. The van der Waals surface area contributed by atoms with Gasteiger partial charge in [0.05, 0.1) is 5.02 Å². The molecule has 2 aromatic rings. The van der Waals surface area contributed by atoms with Gasteiger partial charge in [-0.1, -0.05) is 17.7 Å². The van der Waals surface area contributed by atoms with Gasteiger partial charge in [0, 0.05) is 44.7 Å². The number of hydrogen-bond acceptors (Lipinski definition) is 4. The molecular weight excluding hydrogens is 276 g/mol. The molecule has 0 bridgehead atoms. The Bertz CT molecular complexity index is 626. The van der Waals surface area contributed by atoms with E-state index in [0.717, 1.165) is 11.1 Å². The molecule has 20 heavy (non-hydrogen) atoms. The third kappa shape index (κ3) is 2.88. The number of carbonyl (C=O) groups is 1. The smallest absolute Gasteiger partial charge is 0.269 e. The van der Waals surface area contributed by atoms with Gasteiger partial charge in [-0.05, 0) is 12.1 Å². The van der Waals surface area contributed by atoms with Gasteiger partial charge >= 0.3 is 0 Å². The summed E-state index contributed by atoms with van der Waals surface area (Å²) >= 11 is 6.19. The molecule has 1 amide bonds. The average molecular weight is 291 g/mol. The van der Waals surface area contributed by atoms with Crippen molar-refractivity contribution in [1.82, 2.24) is 15.3 Å². The van der Waals surface area contributed by atoms with E-state index < -0.39 is 0 Å². The van der Waals surface area contributed by atoms with Crippen molar-refractivity contribution >= 4 is 23.3 Å². The van der Waals surface area contributed by atoms with Crippen molar-refractivity contribution in [3.63, 3.8) is 0 Å². The largest absolute Gasteiger partial charge is 0.362 e. The number of nitrogens with one attached hydrogen (secondary N) is 1. The maximum atomic E-state index is 11.4. The van der Waals surface area contributed by atoms with Gasteiger partial charge in [-0.25, -0.2) is 4.98 Å². The third-order valence-corrected chi connectivity index (χ3v) is 3.08. The van der Waals surface area contributed by atoms with Crippen LogP contribution in [-0.4, -0.2) is 37.0 Å². The van der Waals surface area contributed by atoms with Crippen LogP contribution in [0.2, 0.25) is 5.02 Å². The molecule has 5 nitrogen and oxygen atoms in total. The normalized spacial score (nSPS) is 10.2. The van der Waals surface area contributed by atoms with Crippen molar-refractivity contribution in [1.29, 1.82) is 0 Å². The maximum absolute atomic E-state index is 11.4. The standard InChI is InChI=1S/C14H15ClN4O/c1-16-14(20)12-5-4-9(7-17-12)10-6-11(15)13(18-8-10)19(2)3/h4-8H,1-3H3,(H,16,20). The summed E-state index contributed by atoms with van der Waals surface area (Å²) in [5.41, 5.74) is 2.09. The molecule has 0 aromatic carbocycles. The molecule has 0 aliphatic carbocycles. The summed E-state index contributed by atoms with van der Waals surface area (Å²) in [4.78, 5) is 21.7. The van der Waals surface area contributed by atoms with E-state index in [2.05, 4.69) is 15.3 Å². The van der Waals surface area contributed by atoms with Crippen LogP contribution in [0.25, 0.3) is 11.1 Å². The van der Waals surface area contributed by atoms with Gasteiger partial charge in [-0.15, -0.1) is 0 Å². The van der Waals surface area contributed by atoms with E-state index in [1.807, 2.05) is 31.1 Å². The van der Waals surface area contributed by atoms with E-state index in [1.165, 1.54) is 0 Å². The second kappa shape index (κ2) is 5.88. The fraction of sp³-hybridized carbons (Fsp3) is 0.214. The van der Waals surface area contributed by atoms with Crippen molar-refractivity contribution in [2.75, 3.05) is 26.0 Å². The zero-order valence-electron chi connectivity index (χ0n) is 11.5. The molecule has 2 rings (SSSR count). The number of carbonyl (C=O) groups excluding carboxylic acids is 1. The number of pyridine rings is 2. The molecule has 104 valence electrons. The fourth-order valence-electron chi connectivity index (χ4n) is 1.74. The van der Waals surface area contributed by atoms with Crippen molar-refractivity contribution in [2.24, 2.45) is 0 Å². The lowest BCUT2D eigenvalue weighted by Gasteiger charge is -2.13. The third-order valence-electron chi connectivity index (χ3n) is 2.80. The van der Waals surface area contributed by atoms with Crippen LogP contribution in [0.5, 0.6) is 0 Å². The Morgan fingerprint density at radius 3 is 2.40 bits per heavy atom. The van der Waals surface area contributed by atoms with E-state index in [4.69, 9.17) is 11.6 Å². The van der Waals surface area contributed by atoms with E-state index in [0.29, 0.717) is 16.5 Å². The van der Waals surface area contributed by atoms with Crippen LogP contribution in [0.1, 0.15) is 10.5 Å². The minimum Gasteiger partial charge on any atom is -0.362 e.